The zero-order valence-corrected chi connectivity index (χ0v) is 16.5. The van der Waals surface area contributed by atoms with E-state index in [1.165, 1.54) is 30.6 Å². The Morgan fingerprint density at radius 1 is 0.833 bits per heavy atom. The minimum absolute atomic E-state index is 0.0175. The molecule has 0 aliphatic carbocycles. The highest BCUT2D eigenvalue weighted by molar-refractivity contribution is 6.35. The topological polar surface area (TPSA) is 142 Å². The molecule has 0 unspecified atom stereocenters. The molecule has 0 aliphatic rings. The molecule has 2 aromatic carbocycles. The van der Waals surface area contributed by atoms with Gasteiger partial charge in [0.2, 0.25) is 0 Å². The van der Waals surface area contributed by atoms with Gasteiger partial charge in [0.15, 0.2) is 23.0 Å². The summed E-state index contributed by atoms with van der Waals surface area (Å²) in [7, 11) is 0. The third kappa shape index (κ3) is 6.51. The fraction of sp³-hybridized carbons (Fsp3) is 0.200. The van der Waals surface area contributed by atoms with Crippen molar-refractivity contribution in [3.05, 3.63) is 47.5 Å². The number of hydrogen-bond acceptors (Lipinski definition) is 8. The Morgan fingerprint density at radius 3 is 1.93 bits per heavy atom. The number of carbonyl (C=O) groups excluding carboxylic acids is 2. The maximum Gasteiger partial charge on any atom is 0.331 e. The van der Waals surface area contributed by atoms with Crippen molar-refractivity contribution in [2.45, 2.75) is 13.8 Å². The average Bonchev–Trinajstić information content (AvgIpc) is 2.72. The molecule has 0 fully saturated rings. The van der Waals surface area contributed by atoms with E-state index in [0.29, 0.717) is 30.1 Å². The first-order chi connectivity index (χ1) is 14.4. The number of nitrogens with zero attached hydrogens (tertiary/aromatic N) is 2. The van der Waals surface area contributed by atoms with Crippen LogP contribution in [0.15, 0.2) is 46.6 Å². The quantitative estimate of drug-likeness (QED) is 0.293. The van der Waals surface area contributed by atoms with Crippen molar-refractivity contribution in [1.29, 1.82) is 0 Å². The molecule has 2 rings (SSSR count). The third-order valence-electron chi connectivity index (χ3n) is 3.53. The summed E-state index contributed by atoms with van der Waals surface area (Å²) >= 11 is 0. The van der Waals surface area contributed by atoms with Crippen LogP contribution >= 0.6 is 0 Å². The highest BCUT2D eigenvalue weighted by atomic mass is 16.5. The molecule has 0 aliphatic heterocycles. The molecule has 4 N–H and O–H groups in total. The van der Waals surface area contributed by atoms with E-state index in [-0.39, 0.29) is 17.2 Å². The monoisotopic (exact) mass is 414 g/mol. The molecule has 0 saturated carbocycles. The van der Waals surface area contributed by atoms with Crippen molar-refractivity contribution in [3.63, 3.8) is 0 Å². The van der Waals surface area contributed by atoms with Gasteiger partial charge in [-0.2, -0.15) is 10.2 Å². The Morgan fingerprint density at radius 2 is 1.37 bits per heavy atom. The first-order valence-corrected chi connectivity index (χ1v) is 9.02. The van der Waals surface area contributed by atoms with E-state index in [0.717, 1.165) is 0 Å². The van der Waals surface area contributed by atoms with E-state index in [1.54, 1.807) is 32.0 Å². The first-order valence-electron chi connectivity index (χ1n) is 9.02. The van der Waals surface area contributed by atoms with Gasteiger partial charge in [-0.25, -0.2) is 10.9 Å². The molecule has 0 spiro atoms. The molecule has 0 saturated heterocycles. The molecule has 0 aromatic heterocycles. The molecule has 30 heavy (non-hydrogen) atoms. The van der Waals surface area contributed by atoms with Gasteiger partial charge in [0.05, 0.1) is 25.6 Å². The number of carbonyl (C=O) groups is 2. The smallest absolute Gasteiger partial charge is 0.331 e. The maximum absolute atomic E-state index is 11.7. The summed E-state index contributed by atoms with van der Waals surface area (Å²) in [5, 5.41) is 26.8. The normalized spacial score (nSPS) is 10.9. The maximum atomic E-state index is 11.7. The summed E-state index contributed by atoms with van der Waals surface area (Å²) in [5.41, 5.74) is 5.15. The van der Waals surface area contributed by atoms with E-state index in [2.05, 4.69) is 21.1 Å². The number of benzene rings is 2. The van der Waals surface area contributed by atoms with Crippen molar-refractivity contribution in [2.24, 2.45) is 10.2 Å². The molecule has 0 radical (unpaired) electrons. The van der Waals surface area contributed by atoms with Gasteiger partial charge in [-0.1, -0.05) is 0 Å². The molecule has 10 nitrogen and oxygen atoms in total. The minimum Gasteiger partial charge on any atom is -0.504 e. The Hall–Kier alpha value is -4.08. The number of ether oxygens (including phenoxy) is 2. The fourth-order valence-corrected chi connectivity index (χ4v) is 2.21. The summed E-state index contributed by atoms with van der Waals surface area (Å²) in [4.78, 5) is 23.5. The van der Waals surface area contributed by atoms with E-state index in [1.807, 2.05) is 0 Å². The van der Waals surface area contributed by atoms with Gasteiger partial charge >= 0.3 is 11.8 Å². The van der Waals surface area contributed by atoms with Crippen molar-refractivity contribution < 1.29 is 29.3 Å². The fourth-order valence-electron chi connectivity index (χ4n) is 2.21. The Labute approximate surface area is 172 Å². The summed E-state index contributed by atoms with van der Waals surface area (Å²) in [6, 6.07) is 9.10. The van der Waals surface area contributed by atoms with Crippen LogP contribution in [0.25, 0.3) is 0 Å². The molecule has 0 bridgehead atoms. The number of nitrogens with one attached hydrogen (secondary N) is 2. The number of hydrazone groups is 2. The SMILES string of the molecule is CCOc1ccc(C=NNC(=O)C(=O)N/N=C/c2ccc(O)c(OCC)c2)cc1O. The van der Waals surface area contributed by atoms with E-state index in [4.69, 9.17) is 9.47 Å². The number of rotatable bonds is 8. The van der Waals surface area contributed by atoms with Crippen molar-refractivity contribution in [2.75, 3.05) is 13.2 Å². The van der Waals surface area contributed by atoms with Gasteiger partial charge in [0.1, 0.15) is 0 Å². The van der Waals surface area contributed by atoms with Crippen molar-refractivity contribution >= 4 is 24.2 Å². The Kier molecular flexibility index (Phi) is 8.18. The summed E-state index contributed by atoms with van der Waals surface area (Å²) in [5.74, 6) is -1.53. The van der Waals surface area contributed by atoms with Gasteiger partial charge in [-0.05, 0) is 61.4 Å². The van der Waals surface area contributed by atoms with Crippen LogP contribution in [-0.4, -0.2) is 47.7 Å². The van der Waals surface area contributed by atoms with E-state index >= 15 is 0 Å². The van der Waals surface area contributed by atoms with Crippen LogP contribution in [0.4, 0.5) is 0 Å². The zero-order chi connectivity index (χ0) is 21.9. The van der Waals surface area contributed by atoms with Gasteiger partial charge in [-0.15, -0.1) is 0 Å². The molecule has 0 heterocycles. The van der Waals surface area contributed by atoms with Crippen LogP contribution in [0.2, 0.25) is 0 Å². The Balaban J connectivity index is 1.87. The minimum atomic E-state index is -1.03. The van der Waals surface area contributed by atoms with Crippen LogP contribution in [0.3, 0.4) is 0 Å². The molecule has 2 aromatic rings. The average molecular weight is 414 g/mol. The van der Waals surface area contributed by atoms with E-state index < -0.39 is 11.8 Å². The van der Waals surface area contributed by atoms with Crippen LogP contribution < -0.4 is 20.3 Å². The van der Waals surface area contributed by atoms with Gasteiger partial charge in [0, 0.05) is 0 Å². The van der Waals surface area contributed by atoms with Crippen LogP contribution in [-0.2, 0) is 9.59 Å². The van der Waals surface area contributed by atoms with Gasteiger partial charge < -0.3 is 19.7 Å². The lowest BCUT2D eigenvalue weighted by Crippen LogP contribution is -2.35. The highest BCUT2D eigenvalue weighted by Crippen LogP contribution is 2.26. The molecule has 2 amide bonds. The second-order valence-electron chi connectivity index (χ2n) is 5.72. The summed E-state index contributed by atoms with van der Waals surface area (Å²) < 4.78 is 10.5. The highest BCUT2D eigenvalue weighted by Gasteiger charge is 2.11. The summed E-state index contributed by atoms with van der Waals surface area (Å²) in [6.07, 6.45) is 2.55. The molecular weight excluding hydrogens is 392 g/mol. The molecule has 0 atom stereocenters. The van der Waals surface area contributed by atoms with Crippen LogP contribution in [0.1, 0.15) is 25.0 Å². The van der Waals surface area contributed by atoms with Gasteiger partial charge in [0.25, 0.3) is 0 Å². The second-order valence-corrected chi connectivity index (χ2v) is 5.72. The number of hydrogen-bond donors (Lipinski definition) is 4. The number of amides is 2. The molecule has 10 heteroatoms. The van der Waals surface area contributed by atoms with Crippen LogP contribution in [0, 0.1) is 0 Å². The Bertz CT molecular complexity index is 958. The first kappa shape index (κ1) is 22.2. The largest absolute Gasteiger partial charge is 0.504 e. The number of phenols is 2. The molecule has 158 valence electrons. The van der Waals surface area contributed by atoms with E-state index in [9.17, 15) is 19.8 Å². The number of aromatic hydroxyl groups is 2. The predicted molar refractivity (Wildman–Crippen MR) is 110 cm³/mol. The summed E-state index contributed by atoms with van der Waals surface area (Å²) in [6.45, 7) is 4.36. The molecular formula is C20H22N4O6. The third-order valence-corrected chi connectivity index (χ3v) is 3.53. The predicted octanol–water partition coefficient (Wildman–Crippen LogP) is 1.50. The van der Waals surface area contributed by atoms with Crippen molar-refractivity contribution in [3.8, 4) is 23.0 Å². The second kappa shape index (κ2) is 11.1. The standard InChI is InChI=1S/C20H22N4O6/c1-3-29-17-8-6-13(9-16(17)26)11-21-23-19(27)20(28)24-22-12-14-5-7-15(25)18(10-14)30-4-2/h5-12,25-26H,3-4H2,1-2H3,(H,23,27)(H,24,28)/b21-11?,22-12+. The number of phenolic OH excluding ortho intramolecular Hbond substituents is 2. The lowest BCUT2D eigenvalue weighted by molar-refractivity contribution is -0.139. The zero-order valence-electron chi connectivity index (χ0n) is 16.5. The van der Waals surface area contributed by atoms with Crippen LogP contribution in [0.5, 0.6) is 23.0 Å². The van der Waals surface area contributed by atoms with Gasteiger partial charge in [-0.3, -0.25) is 9.59 Å². The lowest BCUT2D eigenvalue weighted by Gasteiger charge is -2.06. The van der Waals surface area contributed by atoms with Crippen molar-refractivity contribution in [1.82, 2.24) is 10.9 Å². The lowest BCUT2D eigenvalue weighted by atomic mass is 10.2.